The van der Waals surface area contributed by atoms with Gasteiger partial charge >= 0.3 is 0 Å². The number of rotatable bonds is 4. The van der Waals surface area contributed by atoms with Crippen LogP contribution in [0.15, 0.2) is 29.0 Å². The third kappa shape index (κ3) is 4.14. The quantitative estimate of drug-likeness (QED) is 0.803. The van der Waals surface area contributed by atoms with Crippen molar-refractivity contribution in [3.63, 3.8) is 0 Å². The van der Waals surface area contributed by atoms with Crippen LogP contribution in [0.1, 0.15) is 0 Å². The van der Waals surface area contributed by atoms with E-state index < -0.39 is 0 Å². The highest BCUT2D eigenvalue weighted by Gasteiger charge is 2.16. The van der Waals surface area contributed by atoms with Crippen LogP contribution in [-0.4, -0.2) is 34.8 Å². The van der Waals surface area contributed by atoms with Crippen molar-refractivity contribution in [3.8, 4) is 0 Å². The molecule has 1 unspecified atom stereocenters. The SMILES string of the molecule is Cl.O=C(NCCn1cc(Br)cn1)C1C=CCN1. The first-order chi connectivity index (χ1) is 7.75. The Kier molecular flexibility index (Phi) is 5.67. The Labute approximate surface area is 114 Å². The van der Waals surface area contributed by atoms with Crippen molar-refractivity contribution in [1.29, 1.82) is 0 Å². The highest BCUT2D eigenvalue weighted by Crippen LogP contribution is 2.05. The second-order valence-electron chi connectivity index (χ2n) is 3.53. The number of hydrogen-bond donors (Lipinski definition) is 2. The van der Waals surface area contributed by atoms with Crippen molar-refractivity contribution in [3.05, 3.63) is 29.0 Å². The normalized spacial score (nSPS) is 17.8. The van der Waals surface area contributed by atoms with Crippen LogP contribution >= 0.6 is 28.3 Å². The van der Waals surface area contributed by atoms with Crippen LogP contribution < -0.4 is 10.6 Å². The van der Waals surface area contributed by atoms with E-state index in [-0.39, 0.29) is 24.4 Å². The van der Waals surface area contributed by atoms with Gasteiger partial charge in [-0.1, -0.05) is 12.2 Å². The summed E-state index contributed by atoms with van der Waals surface area (Å²) in [5.41, 5.74) is 0. The van der Waals surface area contributed by atoms with Gasteiger partial charge in [0.25, 0.3) is 0 Å². The number of nitrogens with zero attached hydrogens (tertiary/aromatic N) is 2. The number of aromatic nitrogens is 2. The summed E-state index contributed by atoms with van der Waals surface area (Å²) < 4.78 is 2.72. The number of carbonyl (C=O) groups excluding carboxylic acids is 1. The monoisotopic (exact) mass is 320 g/mol. The molecule has 2 rings (SSSR count). The third-order valence-corrected chi connectivity index (χ3v) is 2.72. The van der Waals surface area contributed by atoms with E-state index in [1.54, 1.807) is 10.9 Å². The van der Waals surface area contributed by atoms with Crippen LogP contribution in [-0.2, 0) is 11.3 Å². The van der Waals surface area contributed by atoms with Gasteiger partial charge in [0.2, 0.25) is 5.91 Å². The molecule has 1 aliphatic heterocycles. The molecule has 7 heteroatoms. The lowest BCUT2D eigenvalue weighted by atomic mass is 10.3. The molecular formula is C10H14BrClN4O. The topological polar surface area (TPSA) is 59.0 Å². The zero-order chi connectivity index (χ0) is 11.4. The van der Waals surface area contributed by atoms with Gasteiger partial charge in [0.15, 0.2) is 0 Å². The lowest BCUT2D eigenvalue weighted by molar-refractivity contribution is -0.121. The average molecular weight is 322 g/mol. The fourth-order valence-corrected chi connectivity index (χ4v) is 1.84. The standard InChI is InChI=1S/C10H13BrN4O.ClH/c11-8-6-14-15(7-8)5-4-13-10(16)9-2-1-3-12-9;/h1-2,6-7,9,12H,3-5H2,(H,13,16);1H. The lowest BCUT2D eigenvalue weighted by Crippen LogP contribution is -2.41. The molecule has 1 aromatic heterocycles. The molecule has 1 aliphatic rings. The zero-order valence-electron chi connectivity index (χ0n) is 9.10. The van der Waals surface area contributed by atoms with Crippen LogP contribution in [0.4, 0.5) is 0 Å². The van der Waals surface area contributed by atoms with E-state index >= 15 is 0 Å². The molecule has 94 valence electrons. The molecule has 1 atom stereocenters. The summed E-state index contributed by atoms with van der Waals surface area (Å²) in [4.78, 5) is 11.6. The van der Waals surface area contributed by atoms with Gasteiger partial charge in [-0.15, -0.1) is 12.4 Å². The first-order valence-electron chi connectivity index (χ1n) is 5.11. The predicted octanol–water partition coefficient (Wildman–Crippen LogP) is 0.712. The van der Waals surface area contributed by atoms with Gasteiger partial charge in [-0.2, -0.15) is 5.10 Å². The molecule has 2 N–H and O–H groups in total. The number of amides is 1. The van der Waals surface area contributed by atoms with Gasteiger partial charge < -0.3 is 5.32 Å². The van der Waals surface area contributed by atoms with Crippen molar-refractivity contribution in [1.82, 2.24) is 20.4 Å². The lowest BCUT2D eigenvalue weighted by Gasteiger charge is -2.10. The van der Waals surface area contributed by atoms with Gasteiger partial charge in [-0.25, -0.2) is 0 Å². The molecule has 17 heavy (non-hydrogen) atoms. The Morgan fingerprint density at radius 1 is 1.71 bits per heavy atom. The van der Waals surface area contributed by atoms with E-state index in [1.807, 2.05) is 18.3 Å². The summed E-state index contributed by atoms with van der Waals surface area (Å²) in [5.74, 6) is 0.0139. The molecule has 2 heterocycles. The van der Waals surface area contributed by atoms with Crippen LogP contribution in [0.3, 0.4) is 0 Å². The number of carbonyl (C=O) groups is 1. The maximum absolute atomic E-state index is 11.6. The van der Waals surface area contributed by atoms with E-state index in [0.29, 0.717) is 13.1 Å². The summed E-state index contributed by atoms with van der Waals surface area (Å²) in [6, 6.07) is -0.177. The fourth-order valence-electron chi connectivity index (χ4n) is 1.51. The molecule has 1 amide bonds. The van der Waals surface area contributed by atoms with Crippen LogP contribution in [0.5, 0.6) is 0 Å². The van der Waals surface area contributed by atoms with Crippen LogP contribution in [0.25, 0.3) is 0 Å². The molecular weight excluding hydrogens is 307 g/mol. The van der Waals surface area contributed by atoms with Crippen molar-refractivity contribution in [2.75, 3.05) is 13.1 Å². The number of nitrogens with one attached hydrogen (secondary N) is 2. The van der Waals surface area contributed by atoms with Crippen molar-refractivity contribution >= 4 is 34.2 Å². The first kappa shape index (κ1) is 14.2. The second kappa shape index (κ2) is 6.78. The minimum Gasteiger partial charge on any atom is -0.353 e. The molecule has 0 aromatic carbocycles. The Morgan fingerprint density at radius 3 is 3.12 bits per heavy atom. The molecule has 0 saturated heterocycles. The van der Waals surface area contributed by atoms with E-state index in [0.717, 1.165) is 11.0 Å². The molecule has 0 fully saturated rings. The summed E-state index contributed by atoms with van der Waals surface area (Å²) >= 11 is 3.32. The van der Waals surface area contributed by atoms with Gasteiger partial charge in [-0.05, 0) is 15.9 Å². The Balaban J connectivity index is 0.00000144. The predicted molar refractivity (Wildman–Crippen MR) is 71.1 cm³/mol. The summed E-state index contributed by atoms with van der Waals surface area (Å²) in [7, 11) is 0. The second-order valence-corrected chi connectivity index (χ2v) is 4.44. The molecule has 0 saturated carbocycles. The van der Waals surface area contributed by atoms with Gasteiger partial charge in [0, 0.05) is 19.3 Å². The van der Waals surface area contributed by atoms with Gasteiger partial charge in [0.05, 0.1) is 17.2 Å². The van der Waals surface area contributed by atoms with Crippen molar-refractivity contribution in [2.45, 2.75) is 12.6 Å². The Hall–Kier alpha value is -0.850. The minimum atomic E-state index is -0.177. The Morgan fingerprint density at radius 2 is 2.53 bits per heavy atom. The highest BCUT2D eigenvalue weighted by atomic mass is 79.9. The number of halogens is 2. The molecule has 5 nitrogen and oxygen atoms in total. The van der Waals surface area contributed by atoms with Crippen LogP contribution in [0, 0.1) is 0 Å². The molecule has 0 radical (unpaired) electrons. The highest BCUT2D eigenvalue weighted by molar-refractivity contribution is 9.10. The van der Waals surface area contributed by atoms with E-state index in [2.05, 4.69) is 31.7 Å². The summed E-state index contributed by atoms with van der Waals surface area (Å²) in [6.45, 7) is 2.02. The molecule has 0 aliphatic carbocycles. The van der Waals surface area contributed by atoms with E-state index in [9.17, 15) is 4.79 Å². The van der Waals surface area contributed by atoms with E-state index in [1.165, 1.54) is 0 Å². The smallest absolute Gasteiger partial charge is 0.241 e. The van der Waals surface area contributed by atoms with Crippen LogP contribution in [0.2, 0.25) is 0 Å². The molecule has 0 bridgehead atoms. The Bertz CT molecular complexity index is 407. The largest absolute Gasteiger partial charge is 0.353 e. The fraction of sp³-hybridized carbons (Fsp3) is 0.400. The first-order valence-corrected chi connectivity index (χ1v) is 5.91. The molecule has 0 spiro atoms. The maximum Gasteiger partial charge on any atom is 0.241 e. The minimum absolute atomic E-state index is 0. The number of hydrogen-bond acceptors (Lipinski definition) is 3. The summed E-state index contributed by atoms with van der Waals surface area (Å²) in [6.07, 6.45) is 7.43. The van der Waals surface area contributed by atoms with E-state index in [4.69, 9.17) is 0 Å². The molecule has 1 aromatic rings. The zero-order valence-corrected chi connectivity index (χ0v) is 11.5. The maximum atomic E-state index is 11.6. The van der Waals surface area contributed by atoms with Gasteiger partial charge in [-0.3, -0.25) is 14.8 Å². The van der Waals surface area contributed by atoms with Crippen molar-refractivity contribution in [2.24, 2.45) is 0 Å². The summed E-state index contributed by atoms with van der Waals surface area (Å²) in [5, 5.41) is 10.0. The third-order valence-electron chi connectivity index (χ3n) is 2.31. The average Bonchev–Trinajstić information content (AvgIpc) is 2.89. The van der Waals surface area contributed by atoms with Gasteiger partial charge in [0.1, 0.15) is 6.04 Å². The van der Waals surface area contributed by atoms with Crippen molar-refractivity contribution < 1.29 is 4.79 Å².